The summed E-state index contributed by atoms with van der Waals surface area (Å²) in [6.45, 7) is 4.06. The Kier molecular flexibility index (Phi) is 5.83. The molecule has 0 spiro atoms. The maximum absolute atomic E-state index is 5.96. The first kappa shape index (κ1) is 20.6. The molecular formula is C24H23ClN6O. The Morgan fingerprint density at radius 2 is 1.50 bits per heavy atom. The van der Waals surface area contributed by atoms with Crippen molar-refractivity contribution in [2.75, 3.05) is 37.6 Å². The van der Waals surface area contributed by atoms with Crippen molar-refractivity contribution in [2.24, 2.45) is 9.98 Å². The predicted octanol–water partition coefficient (Wildman–Crippen LogP) is 4.05. The summed E-state index contributed by atoms with van der Waals surface area (Å²) >= 11 is 5.96. The Balaban J connectivity index is 1.34. The molecule has 2 aliphatic rings. The number of benzene rings is 2. The Bertz CT molecular complexity index is 1100. The fourth-order valence-corrected chi connectivity index (χ4v) is 4.29. The zero-order chi connectivity index (χ0) is 21.8. The van der Waals surface area contributed by atoms with E-state index >= 15 is 0 Å². The lowest BCUT2D eigenvalue weighted by atomic mass is 9.87. The fraction of sp³-hybridized carbons (Fsp3) is 0.250. The molecule has 1 fully saturated rings. The van der Waals surface area contributed by atoms with Crippen LogP contribution in [0.4, 0.5) is 5.95 Å². The molecule has 5 rings (SSSR count). The summed E-state index contributed by atoms with van der Waals surface area (Å²) in [5, 5.41) is 0.686. The van der Waals surface area contributed by atoms with Crippen molar-refractivity contribution < 1.29 is 4.74 Å². The third kappa shape index (κ3) is 4.22. The maximum atomic E-state index is 5.96. The molecule has 2 aliphatic heterocycles. The van der Waals surface area contributed by atoms with Crippen LogP contribution < -0.4 is 9.64 Å². The molecule has 162 valence electrons. The zero-order valence-electron chi connectivity index (χ0n) is 17.5. The highest BCUT2D eigenvalue weighted by Gasteiger charge is 2.39. The van der Waals surface area contributed by atoms with E-state index in [4.69, 9.17) is 16.3 Å². The molecule has 2 aromatic carbocycles. The minimum absolute atomic E-state index is 0.378. The number of hydrogen-bond donors (Lipinski definition) is 0. The summed E-state index contributed by atoms with van der Waals surface area (Å²) in [6.07, 6.45) is 7.22. The molecule has 1 unspecified atom stereocenters. The third-order valence-electron chi connectivity index (χ3n) is 5.85. The van der Waals surface area contributed by atoms with Gasteiger partial charge in [-0.15, -0.1) is 0 Å². The molecule has 1 atom stereocenters. The second-order valence-electron chi connectivity index (χ2n) is 7.76. The van der Waals surface area contributed by atoms with E-state index in [1.807, 2.05) is 48.7 Å². The molecule has 7 nitrogen and oxygen atoms in total. The maximum Gasteiger partial charge on any atom is 0.225 e. The van der Waals surface area contributed by atoms with Crippen LogP contribution in [0, 0.1) is 0 Å². The van der Waals surface area contributed by atoms with Crippen molar-refractivity contribution in [2.45, 2.75) is 5.54 Å². The summed E-state index contributed by atoms with van der Waals surface area (Å²) in [7, 11) is 0. The average molecular weight is 447 g/mol. The van der Waals surface area contributed by atoms with Crippen LogP contribution in [0.1, 0.15) is 5.56 Å². The lowest BCUT2D eigenvalue weighted by Gasteiger charge is -2.46. The highest BCUT2D eigenvalue weighted by molar-refractivity contribution is 6.30. The second kappa shape index (κ2) is 9.06. The second-order valence-corrected chi connectivity index (χ2v) is 8.20. The predicted molar refractivity (Wildman–Crippen MR) is 127 cm³/mol. The molecule has 0 amide bonds. The van der Waals surface area contributed by atoms with Crippen molar-refractivity contribution in [3.8, 4) is 11.5 Å². The van der Waals surface area contributed by atoms with Gasteiger partial charge in [0.1, 0.15) is 23.4 Å². The van der Waals surface area contributed by atoms with E-state index in [-0.39, 0.29) is 5.54 Å². The third-order valence-corrected chi connectivity index (χ3v) is 6.10. The summed E-state index contributed by atoms with van der Waals surface area (Å²) in [5.41, 5.74) is 0.767. The van der Waals surface area contributed by atoms with Crippen molar-refractivity contribution in [1.82, 2.24) is 14.9 Å². The highest BCUT2D eigenvalue weighted by Crippen LogP contribution is 2.33. The van der Waals surface area contributed by atoms with Gasteiger partial charge in [-0.25, -0.2) is 15.0 Å². The van der Waals surface area contributed by atoms with Gasteiger partial charge in [0.2, 0.25) is 5.95 Å². The van der Waals surface area contributed by atoms with Crippen LogP contribution in [0.25, 0.3) is 0 Å². The van der Waals surface area contributed by atoms with Gasteiger partial charge >= 0.3 is 0 Å². The molecular weight excluding hydrogens is 424 g/mol. The number of hydrogen-bond acceptors (Lipinski definition) is 7. The van der Waals surface area contributed by atoms with Crippen molar-refractivity contribution >= 4 is 30.1 Å². The molecule has 8 heteroatoms. The summed E-state index contributed by atoms with van der Waals surface area (Å²) in [6, 6.07) is 17.4. The van der Waals surface area contributed by atoms with Gasteiger partial charge < -0.3 is 9.64 Å². The van der Waals surface area contributed by atoms with Gasteiger partial charge in [0.15, 0.2) is 0 Å². The van der Waals surface area contributed by atoms with E-state index in [1.54, 1.807) is 18.7 Å². The molecule has 0 saturated carbocycles. The van der Waals surface area contributed by atoms with Gasteiger partial charge in [-0.05, 0) is 48.0 Å². The number of anilines is 1. The van der Waals surface area contributed by atoms with Gasteiger partial charge in [-0.1, -0.05) is 23.7 Å². The quantitative estimate of drug-likeness (QED) is 0.591. The normalized spacial score (nSPS) is 21.0. The molecule has 0 N–H and O–H groups in total. The topological polar surface area (TPSA) is 66.2 Å². The number of aromatic nitrogens is 2. The minimum atomic E-state index is -0.378. The van der Waals surface area contributed by atoms with Gasteiger partial charge in [0, 0.05) is 49.8 Å². The number of aliphatic imine (C=N–C) groups is 2. The molecule has 0 aliphatic carbocycles. The Morgan fingerprint density at radius 1 is 0.844 bits per heavy atom. The van der Waals surface area contributed by atoms with E-state index in [0.29, 0.717) is 11.6 Å². The van der Waals surface area contributed by atoms with Gasteiger partial charge in [-0.3, -0.25) is 9.89 Å². The molecule has 32 heavy (non-hydrogen) atoms. The van der Waals surface area contributed by atoms with Crippen LogP contribution in [0.5, 0.6) is 11.5 Å². The lowest BCUT2D eigenvalue weighted by molar-refractivity contribution is 0.146. The minimum Gasteiger partial charge on any atom is -0.457 e. The molecule has 3 heterocycles. The average Bonchev–Trinajstić information content (AvgIpc) is 2.87. The van der Waals surface area contributed by atoms with Crippen LogP contribution in [0.2, 0.25) is 5.02 Å². The number of rotatable bonds is 5. The van der Waals surface area contributed by atoms with E-state index in [9.17, 15) is 0 Å². The summed E-state index contributed by atoms with van der Waals surface area (Å²) < 4.78 is 5.96. The van der Waals surface area contributed by atoms with Crippen LogP contribution >= 0.6 is 11.6 Å². The van der Waals surface area contributed by atoms with Gasteiger partial charge in [0.05, 0.1) is 6.54 Å². The largest absolute Gasteiger partial charge is 0.457 e. The molecule has 0 radical (unpaired) electrons. The van der Waals surface area contributed by atoms with Crippen molar-refractivity contribution in [1.29, 1.82) is 0 Å². The van der Waals surface area contributed by atoms with Crippen molar-refractivity contribution in [3.63, 3.8) is 0 Å². The Morgan fingerprint density at radius 3 is 2.12 bits per heavy atom. The summed E-state index contributed by atoms with van der Waals surface area (Å²) in [4.78, 5) is 22.4. The first-order valence-corrected chi connectivity index (χ1v) is 10.9. The number of halogens is 1. The first-order valence-electron chi connectivity index (χ1n) is 10.6. The molecule has 1 saturated heterocycles. The monoisotopic (exact) mass is 446 g/mol. The molecule has 1 aromatic heterocycles. The number of ether oxygens (including phenoxy) is 1. The summed E-state index contributed by atoms with van der Waals surface area (Å²) in [5.74, 6) is 2.30. The Hall–Kier alpha value is -3.29. The van der Waals surface area contributed by atoms with Gasteiger partial charge in [-0.2, -0.15) is 0 Å². The fourth-order valence-electron chi connectivity index (χ4n) is 4.16. The van der Waals surface area contributed by atoms with Crippen LogP contribution in [0.3, 0.4) is 0 Å². The number of nitrogens with zero attached hydrogens (tertiary/aromatic N) is 6. The van der Waals surface area contributed by atoms with E-state index in [0.717, 1.165) is 49.2 Å². The Labute approximate surface area is 192 Å². The SMILES string of the molecule is Clc1ccc(Oc2ccc(C3(N4CCN(c5ncccn5)CC4)C=NC=NC3)cc2)cc1. The number of piperazine rings is 1. The highest BCUT2D eigenvalue weighted by atomic mass is 35.5. The van der Waals surface area contributed by atoms with Gasteiger partial charge in [0.25, 0.3) is 0 Å². The van der Waals surface area contributed by atoms with E-state index < -0.39 is 0 Å². The zero-order valence-corrected chi connectivity index (χ0v) is 18.3. The standard InChI is InChI=1S/C24H23ClN6O/c25-20-4-8-22(9-5-20)32-21-6-2-19(3-7-21)24(16-26-18-27-17-24)31-14-12-30(13-15-31)23-28-10-1-11-29-23/h1-11,16,18H,12-15,17H2. The lowest BCUT2D eigenvalue weighted by Crippen LogP contribution is -2.58. The smallest absolute Gasteiger partial charge is 0.225 e. The molecule has 0 bridgehead atoms. The molecule has 3 aromatic rings. The van der Waals surface area contributed by atoms with Crippen LogP contribution in [0.15, 0.2) is 77.0 Å². The van der Waals surface area contributed by atoms with Crippen LogP contribution in [-0.2, 0) is 5.54 Å². The van der Waals surface area contributed by atoms with E-state index in [1.165, 1.54) is 0 Å². The van der Waals surface area contributed by atoms with E-state index in [2.05, 4.69) is 41.9 Å². The first-order chi connectivity index (χ1) is 15.7. The van der Waals surface area contributed by atoms with Crippen molar-refractivity contribution in [3.05, 3.63) is 77.6 Å². The van der Waals surface area contributed by atoms with Crippen LogP contribution in [-0.4, -0.2) is 60.1 Å².